The molecule has 1 N–H and O–H groups in total. The van der Waals surface area contributed by atoms with Crippen LogP contribution in [-0.2, 0) is 10.0 Å². The smallest absolute Gasteiger partial charge is 0.229 e. The lowest BCUT2D eigenvalue weighted by atomic mass is 10.00. The first kappa shape index (κ1) is 14.4. The van der Waals surface area contributed by atoms with Crippen molar-refractivity contribution < 1.29 is 8.42 Å². The summed E-state index contributed by atoms with van der Waals surface area (Å²) in [5.74, 6) is 0. The Balaban J connectivity index is 2.37. The molecule has 106 valence electrons. The fourth-order valence-electron chi connectivity index (χ4n) is 2.05. The van der Waals surface area contributed by atoms with Gasteiger partial charge in [-0.3, -0.25) is 4.72 Å². The minimum atomic E-state index is -3.26. The summed E-state index contributed by atoms with van der Waals surface area (Å²) in [5.41, 5.74) is 4.58. The zero-order valence-electron chi connectivity index (χ0n) is 11.8. The van der Waals surface area contributed by atoms with Crippen molar-refractivity contribution in [2.75, 3.05) is 18.0 Å². The second-order valence-electron chi connectivity index (χ2n) is 4.92. The normalized spacial score (nSPS) is 15.8. The van der Waals surface area contributed by atoms with E-state index >= 15 is 0 Å². The fraction of sp³-hybridized carbons (Fsp3) is 0.200. The van der Waals surface area contributed by atoms with Gasteiger partial charge in [0.05, 0.1) is 6.26 Å². The van der Waals surface area contributed by atoms with Gasteiger partial charge in [0.25, 0.3) is 0 Å². The molecule has 1 aliphatic heterocycles. The second-order valence-corrected chi connectivity index (χ2v) is 6.67. The molecule has 4 nitrogen and oxygen atoms in total. The van der Waals surface area contributed by atoms with Crippen molar-refractivity contribution in [3.05, 3.63) is 60.0 Å². The third kappa shape index (κ3) is 3.30. The van der Waals surface area contributed by atoms with Gasteiger partial charge in [-0.25, -0.2) is 8.42 Å². The fourth-order valence-corrected chi connectivity index (χ4v) is 2.61. The molecule has 0 fully saturated rings. The number of hydrogen-bond donors (Lipinski definition) is 1. The largest absolute Gasteiger partial charge is 0.351 e. The number of nitrogens with one attached hydrogen (secondary N) is 1. The molecule has 1 aromatic rings. The molecule has 0 aromatic heterocycles. The Labute approximate surface area is 120 Å². The molecule has 0 saturated heterocycles. The molecule has 20 heavy (non-hydrogen) atoms. The van der Waals surface area contributed by atoms with Crippen LogP contribution in [0.1, 0.15) is 12.5 Å². The van der Waals surface area contributed by atoms with E-state index in [9.17, 15) is 8.42 Å². The van der Waals surface area contributed by atoms with Crippen molar-refractivity contribution in [2.45, 2.75) is 6.92 Å². The van der Waals surface area contributed by atoms with Crippen molar-refractivity contribution in [3.63, 3.8) is 0 Å². The summed E-state index contributed by atoms with van der Waals surface area (Å²) in [7, 11) is -1.32. The molecule has 1 aromatic carbocycles. The summed E-state index contributed by atoms with van der Waals surface area (Å²) in [6, 6.07) is 7.33. The van der Waals surface area contributed by atoms with E-state index in [1.807, 2.05) is 49.3 Å². The van der Waals surface area contributed by atoms with E-state index in [4.69, 9.17) is 0 Å². The van der Waals surface area contributed by atoms with Gasteiger partial charge in [-0.2, -0.15) is 0 Å². The summed E-state index contributed by atoms with van der Waals surface area (Å²) >= 11 is 0. The van der Waals surface area contributed by atoms with Crippen LogP contribution in [0.2, 0.25) is 0 Å². The Morgan fingerprint density at radius 3 is 2.60 bits per heavy atom. The lowest BCUT2D eigenvalue weighted by Crippen LogP contribution is -2.14. The van der Waals surface area contributed by atoms with E-state index in [1.165, 1.54) is 0 Å². The van der Waals surface area contributed by atoms with Crippen molar-refractivity contribution in [1.82, 2.24) is 4.90 Å². The number of nitrogens with zero attached hydrogens (tertiary/aromatic N) is 1. The maximum atomic E-state index is 11.3. The highest BCUT2D eigenvalue weighted by molar-refractivity contribution is 7.92. The van der Waals surface area contributed by atoms with Crippen LogP contribution in [0.5, 0.6) is 0 Å². The number of rotatable bonds is 3. The molecule has 1 aliphatic rings. The molecule has 0 saturated carbocycles. The highest BCUT2D eigenvalue weighted by Crippen LogP contribution is 2.28. The SMILES string of the molecule is C=C1C(C)=CC(c2cccc(NS(C)(=O)=O)c2)=CN1C. The van der Waals surface area contributed by atoms with Crippen molar-refractivity contribution in [3.8, 4) is 0 Å². The summed E-state index contributed by atoms with van der Waals surface area (Å²) in [4.78, 5) is 1.96. The first-order chi connectivity index (χ1) is 9.26. The molecular weight excluding hydrogens is 272 g/mol. The lowest BCUT2D eigenvalue weighted by Gasteiger charge is -2.24. The summed E-state index contributed by atoms with van der Waals surface area (Å²) < 4.78 is 25.0. The quantitative estimate of drug-likeness (QED) is 0.931. The second kappa shape index (κ2) is 5.17. The molecule has 0 radical (unpaired) electrons. The lowest BCUT2D eigenvalue weighted by molar-refractivity contribution is 0.579. The predicted octanol–water partition coefficient (Wildman–Crippen LogP) is 2.80. The van der Waals surface area contributed by atoms with E-state index in [2.05, 4.69) is 11.3 Å². The van der Waals surface area contributed by atoms with Crippen LogP contribution in [-0.4, -0.2) is 26.6 Å². The van der Waals surface area contributed by atoms with E-state index in [0.29, 0.717) is 5.69 Å². The van der Waals surface area contributed by atoms with Gasteiger partial charge in [-0.05, 0) is 41.8 Å². The Bertz CT molecular complexity index is 715. The third-order valence-electron chi connectivity index (χ3n) is 3.08. The minimum Gasteiger partial charge on any atom is -0.351 e. The summed E-state index contributed by atoms with van der Waals surface area (Å²) in [6.45, 7) is 6.00. The number of benzene rings is 1. The molecule has 2 rings (SSSR count). The summed E-state index contributed by atoms with van der Waals surface area (Å²) in [6.07, 6.45) is 5.16. The van der Waals surface area contributed by atoms with Gasteiger partial charge in [-0.1, -0.05) is 18.7 Å². The maximum Gasteiger partial charge on any atom is 0.229 e. The Kier molecular flexibility index (Phi) is 3.72. The minimum absolute atomic E-state index is 0.559. The number of hydrogen-bond acceptors (Lipinski definition) is 3. The Morgan fingerprint density at radius 1 is 1.30 bits per heavy atom. The monoisotopic (exact) mass is 290 g/mol. The zero-order valence-corrected chi connectivity index (χ0v) is 12.7. The van der Waals surface area contributed by atoms with Crippen LogP contribution in [0.15, 0.2) is 54.4 Å². The van der Waals surface area contributed by atoms with E-state index in [0.717, 1.165) is 28.7 Å². The van der Waals surface area contributed by atoms with Gasteiger partial charge < -0.3 is 4.90 Å². The number of anilines is 1. The van der Waals surface area contributed by atoms with Gasteiger partial charge >= 0.3 is 0 Å². The van der Waals surface area contributed by atoms with Crippen LogP contribution in [0, 0.1) is 0 Å². The van der Waals surface area contributed by atoms with Crippen LogP contribution in [0.25, 0.3) is 5.57 Å². The Morgan fingerprint density at radius 2 is 2.00 bits per heavy atom. The summed E-state index contributed by atoms with van der Waals surface area (Å²) in [5, 5.41) is 0. The van der Waals surface area contributed by atoms with E-state index in [-0.39, 0.29) is 0 Å². The predicted molar refractivity (Wildman–Crippen MR) is 83.5 cm³/mol. The standard InChI is InChI=1S/C15H18N2O2S/c1-11-8-14(10-17(3)12(11)2)13-6-5-7-15(9-13)16-20(4,18)19/h5-10,16H,2H2,1,3-4H3. The highest BCUT2D eigenvalue weighted by atomic mass is 32.2. The highest BCUT2D eigenvalue weighted by Gasteiger charge is 2.12. The maximum absolute atomic E-state index is 11.3. The van der Waals surface area contributed by atoms with Crippen LogP contribution in [0.3, 0.4) is 0 Å². The van der Waals surface area contributed by atoms with Gasteiger partial charge in [-0.15, -0.1) is 0 Å². The molecule has 1 heterocycles. The van der Waals surface area contributed by atoms with Crippen LogP contribution >= 0.6 is 0 Å². The van der Waals surface area contributed by atoms with Gasteiger partial charge in [0.15, 0.2) is 0 Å². The molecule has 0 aliphatic carbocycles. The van der Waals surface area contributed by atoms with Gasteiger partial charge in [0, 0.05) is 24.6 Å². The van der Waals surface area contributed by atoms with Crippen LogP contribution < -0.4 is 4.72 Å². The average molecular weight is 290 g/mol. The van der Waals surface area contributed by atoms with E-state index in [1.54, 1.807) is 6.07 Å². The topological polar surface area (TPSA) is 49.4 Å². The third-order valence-corrected chi connectivity index (χ3v) is 3.69. The molecule has 0 atom stereocenters. The first-order valence-corrected chi connectivity index (χ1v) is 8.06. The first-order valence-electron chi connectivity index (χ1n) is 6.17. The van der Waals surface area contributed by atoms with Crippen molar-refractivity contribution >= 4 is 21.3 Å². The number of allylic oxidation sites excluding steroid dienone is 3. The molecule has 0 unspecified atom stereocenters. The number of sulfonamides is 1. The average Bonchev–Trinajstić information content (AvgIpc) is 2.33. The molecule has 0 spiro atoms. The number of likely N-dealkylation sites (N-methyl/N-ethyl adjacent to an activating group) is 1. The molecule has 0 amide bonds. The van der Waals surface area contributed by atoms with Gasteiger partial charge in [0.2, 0.25) is 10.0 Å². The van der Waals surface area contributed by atoms with Crippen LogP contribution in [0.4, 0.5) is 5.69 Å². The van der Waals surface area contributed by atoms with Crippen molar-refractivity contribution in [2.24, 2.45) is 0 Å². The molecule has 5 heteroatoms. The van der Waals surface area contributed by atoms with E-state index < -0.39 is 10.0 Å². The van der Waals surface area contributed by atoms with Crippen molar-refractivity contribution in [1.29, 1.82) is 0 Å². The van der Waals surface area contributed by atoms with Gasteiger partial charge in [0.1, 0.15) is 0 Å². The zero-order chi connectivity index (χ0) is 14.9. The Hall–Kier alpha value is -2.01. The molecular formula is C15H18N2O2S. The molecule has 0 bridgehead atoms.